The minimum absolute atomic E-state index is 0.787. The van der Waals surface area contributed by atoms with E-state index in [1.54, 1.807) is 0 Å². The van der Waals surface area contributed by atoms with Crippen LogP contribution in [0.1, 0.15) is 43.2 Å². The molecule has 0 bridgehead atoms. The van der Waals surface area contributed by atoms with Crippen LogP contribution in [-0.4, -0.2) is 13.6 Å². The van der Waals surface area contributed by atoms with Gasteiger partial charge in [-0.2, -0.15) is 0 Å². The third kappa shape index (κ3) is 4.22. The van der Waals surface area contributed by atoms with E-state index in [1.165, 1.54) is 43.2 Å². The molecule has 1 aliphatic rings. The Hall–Kier alpha value is -0.530. The Morgan fingerprint density at radius 1 is 1.16 bits per heavy atom. The van der Waals surface area contributed by atoms with E-state index in [-0.39, 0.29) is 0 Å². The van der Waals surface area contributed by atoms with Crippen molar-refractivity contribution in [2.24, 2.45) is 11.8 Å². The molecule has 0 heterocycles. The normalized spacial score (nSPS) is 24.2. The molecule has 0 amide bonds. The first-order chi connectivity index (χ1) is 9.20. The highest BCUT2D eigenvalue weighted by atomic mass is 35.5. The maximum absolute atomic E-state index is 6.40. The molecular weight excluding hydrogens is 254 g/mol. The maximum atomic E-state index is 6.40. The molecule has 2 unspecified atom stereocenters. The van der Waals surface area contributed by atoms with Crippen LogP contribution in [0.15, 0.2) is 18.2 Å². The van der Waals surface area contributed by atoms with Crippen LogP contribution in [-0.2, 0) is 6.42 Å². The Labute approximate surface area is 122 Å². The van der Waals surface area contributed by atoms with Gasteiger partial charge >= 0.3 is 0 Å². The zero-order valence-corrected chi connectivity index (χ0v) is 13.0. The standard InChI is InChI=1S/C17H26ClN/c1-13-8-9-15(17(18)10-13)11-14-6-4-3-5-7-16(14)12-19-2/h8-10,14,16,19H,3-7,11-12H2,1-2H3. The van der Waals surface area contributed by atoms with Crippen LogP contribution < -0.4 is 5.32 Å². The van der Waals surface area contributed by atoms with Crippen LogP contribution in [0, 0.1) is 18.8 Å². The quantitative estimate of drug-likeness (QED) is 0.794. The lowest BCUT2D eigenvalue weighted by molar-refractivity contribution is 0.304. The summed E-state index contributed by atoms with van der Waals surface area (Å²) in [6.45, 7) is 3.25. The number of benzene rings is 1. The van der Waals surface area contributed by atoms with Crippen LogP contribution in [0.2, 0.25) is 5.02 Å². The predicted octanol–water partition coefficient (Wildman–Crippen LogP) is 4.61. The summed E-state index contributed by atoms with van der Waals surface area (Å²) in [6, 6.07) is 6.50. The summed E-state index contributed by atoms with van der Waals surface area (Å²) in [5, 5.41) is 4.32. The average molecular weight is 280 g/mol. The molecule has 2 heteroatoms. The second-order valence-electron chi connectivity index (χ2n) is 6.01. The second kappa shape index (κ2) is 7.31. The minimum Gasteiger partial charge on any atom is -0.319 e. The molecule has 1 aromatic rings. The molecule has 0 saturated heterocycles. The number of halogens is 1. The summed E-state index contributed by atoms with van der Waals surface area (Å²) >= 11 is 6.40. The Bertz CT molecular complexity index is 402. The van der Waals surface area contributed by atoms with Crippen LogP contribution in [0.25, 0.3) is 0 Å². The van der Waals surface area contributed by atoms with Crippen molar-refractivity contribution in [2.45, 2.75) is 45.4 Å². The SMILES string of the molecule is CNCC1CCCCCC1Cc1ccc(C)cc1Cl. The van der Waals surface area contributed by atoms with Gasteiger partial charge in [-0.05, 0) is 68.8 Å². The Morgan fingerprint density at radius 2 is 1.89 bits per heavy atom. The highest BCUT2D eigenvalue weighted by Crippen LogP contribution is 2.32. The van der Waals surface area contributed by atoms with Crippen molar-refractivity contribution < 1.29 is 0 Å². The van der Waals surface area contributed by atoms with Gasteiger partial charge in [-0.15, -0.1) is 0 Å². The molecule has 2 atom stereocenters. The zero-order chi connectivity index (χ0) is 13.7. The largest absolute Gasteiger partial charge is 0.319 e. The summed E-state index contributed by atoms with van der Waals surface area (Å²) in [5.74, 6) is 1.60. The fourth-order valence-electron chi connectivity index (χ4n) is 3.36. The topological polar surface area (TPSA) is 12.0 Å². The molecule has 106 valence electrons. The van der Waals surface area contributed by atoms with Crippen molar-refractivity contribution in [1.29, 1.82) is 0 Å². The highest BCUT2D eigenvalue weighted by molar-refractivity contribution is 6.31. The maximum Gasteiger partial charge on any atom is 0.0440 e. The zero-order valence-electron chi connectivity index (χ0n) is 12.2. The van der Waals surface area contributed by atoms with Gasteiger partial charge in [0.05, 0.1) is 0 Å². The monoisotopic (exact) mass is 279 g/mol. The molecule has 0 aliphatic heterocycles. The first kappa shape index (κ1) is 14.9. The number of hydrogen-bond acceptors (Lipinski definition) is 1. The molecule has 0 aromatic heterocycles. The third-order valence-electron chi connectivity index (χ3n) is 4.47. The van der Waals surface area contributed by atoms with Crippen molar-refractivity contribution in [2.75, 3.05) is 13.6 Å². The molecule has 1 aliphatic carbocycles. The van der Waals surface area contributed by atoms with Crippen LogP contribution in [0.4, 0.5) is 0 Å². The van der Waals surface area contributed by atoms with Gasteiger partial charge in [0, 0.05) is 5.02 Å². The Morgan fingerprint density at radius 3 is 2.58 bits per heavy atom. The van der Waals surface area contributed by atoms with E-state index in [0.29, 0.717) is 0 Å². The first-order valence-electron chi connectivity index (χ1n) is 7.60. The van der Waals surface area contributed by atoms with Gasteiger partial charge in [0.2, 0.25) is 0 Å². The van der Waals surface area contributed by atoms with E-state index in [2.05, 4.69) is 37.5 Å². The summed E-state index contributed by atoms with van der Waals surface area (Å²) in [6.07, 6.45) is 8.05. The lowest BCUT2D eigenvalue weighted by atomic mass is 9.83. The summed E-state index contributed by atoms with van der Waals surface area (Å²) in [5.41, 5.74) is 2.58. The van der Waals surface area contributed by atoms with Crippen molar-refractivity contribution in [3.8, 4) is 0 Å². The van der Waals surface area contributed by atoms with Crippen molar-refractivity contribution in [1.82, 2.24) is 5.32 Å². The van der Waals surface area contributed by atoms with Crippen LogP contribution in [0.3, 0.4) is 0 Å². The fraction of sp³-hybridized carbons (Fsp3) is 0.647. The molecule has 1 N–H and O–H groups in total. The van der Waals surface area contributed by atoms with Crippen molar-refractivity contribution >= 4 is 11.6 Å². The van der Waals surface area contributed by atoms with E-state index in [0.717, 1.165) is 29.8 Å². The smallest absolute Gasteiger partial charge is 0.0440 e. The number of nitrogens with one attached hydrogen (secondary N) is 1. The van der Waals surface area contributed by atoms with E-state index in [1.807, 2.05) is 0 Å². The lowest BCUT2D eigenvalue weighted by Crippen LogP contribution is -2.26. The summed E-state index contributed by atoms with van der Waals surface area (Å²) in [7, 11) is 2.07. The molecule has 1 aromatic carbocycles. The van der Waals surface area contributed by atoms with Crippen LogP contribution >= 0.6 is 11.6 Å². The molecule has 1 nitrogen and oxygen atoms in total. The van der Waals surface area contributed by atoms with E-state index in [4.69, 9.17) is 11.6 Å². The van der Waals surface area contributed by atoms with Gasteiger partial charge < -0.3 is 5.32 Å². The van der Waals surface area contributed by atoms with Gasteiger partial charge in [-0.25, -0.2) is 0 Å². The Balaban J connectivity index is 2.09. The fourth-order valence-corrected chi connectivity index (χ4v) is 3.67. The number of hydrogen-bond donors (Lipinski definition) is 1. The molecule has 1 saturated carbocycles. The van der Waals surface area contributed by atoms with E-state index >= 15 is 0 Å². The van der Waals surface area contributed by atoms with Crippen LogP contribution in [0.5, 0.6) is 0 Å². The average Bonchev–Trinajstić information content (AvgIpc) is 2.59. The van der Waals surface area contributed by atoms with Crippen molar-refractivity contribution in [3.63, 3.8) is 0 Å². The van der Waals surface area contributed by atoms with Gasteiger partial charge in [-0.3, -0.25) is 0 Å². The lowest BCUT2D eigenvalue weighted by Gasteiger charge is -2.25. The molecule has 0 radical (unpaired) electrons. The van der Waals surface area contributed by atoms with Gasteiger partial charge in [0.25, 0.3) is 0 Å². The summed E-state index contributed by atoms with van der Waals surface area (Å²) in [4.78, 5) is 0. The van der Waals surface area contributed by atoms with Gasteiger partial charge in [0.15, 0.2) is 0 Å². The molecular formula is C17H26ClN. The second-order valence-corrected chi connectivity index (χ2v) is 6.42. The van der Waals surface area contributed by atoms with Gasteiger partial charge in [0.1, 0.15) is 0 Å². The third-order valence-corrected chi connectivity index (χ3v) is 4.83. The van der Waals surface area contributed by atoms with Gasteiger partial charge in [-0.1, -0.05) is 43.0 Å². The first-order valence-corrected chi connectivity index (χ1v) is 7.98. The summed E-state index contributed by atoms with van der Waals surface area (Å²) < 4.78 is 0. The minimum atomic E-state index is 0.787. The molecule has 0 spiro atoms. The predicted molar refractivity (Wildman–Crippen MR) is 83.9 cm³/mol. The molecule has 19 heavy (non-hydrogen) atoms. The molecule has 2 rings (SSSR count). The Kier molecular flexibility index (Phi) is 5.72. The van der Waals surface area contributed by atoms with E-state index < -0.39 is 0 Å². The highest BCUT2D eigenvalue weighted by Gasteiger charge is 2.23. The number of rotatable bonds is 4. The van der Waals surface area contributed by atoms with Crippen molar-refractivity contribution in [3.05, 3.63) is 34.3 Å². The number of aryl methyl sites for hydroxylation is 1. The van der Waals surface area contributed by atoms with E-state index in [9.17, 15) is 0 Å². The molecule has 1 fully saturated rings.